The van der Waals surface area contributed by atoms with Crippen molar-refractivity contribution < 1.29 is 9.21 Å². The van der Waals surface area contributed by atoms with E-state index in [4.69, 9.17) is 10.2 Å². The summed E-state index contributed by atoms with van der Waals surface area (Å²) in [6.07, 6.45) is 4.68. The molecule has 0 unspecified atom stereocenters. The Balaban J connectivity index is 1.70. The molecule has 3 rings (SSSR count). The van der Waals surface area contributed by atoms with Crippen molar-refractivity contribution in [2.45, 2.75) is 38.5 Å². The predicted molar refractivity (Wildman–Crippen MR) is 85.8 cm³/mol. The Labute approximate surface area is 130 Å². The first-order valence-corrected chi connectivity index (χ1v) is 8.10. The Hall–Kier alpha value is -1.88. The average molecular weight is 301 g/mol. The van der Waals surface area contributed by atoms with Crippen molar-refractivity contribution in [2.75, 3.05) is 19.6 Å². The van der Waals surface area contributed by atoms with E-state index in [1.54, 1.807) is 18.2 Å². The number of hydrogen-bond donors (Lipinski definition) is 1. The zero-order valence-corrected chi connectivity index (χ0v) is 13.0. The fourth-order valence-corrected chi connectivity index (χ4v) is 3.06. The number of likely N-dealkylation sites (tertiary alicyclic amines) is 1. The van der Waals surface area contributed by atoms with Crippen molar-refractivity contribution in [3.63, 3.8) is 0 Å². The molecule has 0 bridgehead atoms. The SMILES string of the molecule is CCCCN1CCC(c2nc3ccc(C(N)=O)cc3o2)CC1. The molecule has 2 aromatic rings. The van der Waals surface area contributed by atoms with Gasteiger partial charge in [0.15, 0.2) is 11.5 Å². The van der Waals surface area contributed by atoms with Crippen LogP contribution in [0.4, 0.5) is 0 Å². The second-order valence-corrected chi connectivity index (χ2v) is 6.07. The van der Waals surface area contributed by atoms with Crippen molar-refractivity contribution in [3.8, 4) is 0 Å². The van der Waals surface area contributed by atoms with Crippen molar-refractivity contribution in [1.82, 2.24) is 9.88 Å². The molecule has 1 aromatic heterocycles. The number of piperidine rings is 1. The minimum Gasteiger partial charge on any atom is -0.440 e. The Morgan fingerprint density at radius 3 is 2.86 bits per heavy atom. The van der Waals surface area contributed by atoms with E-state index in [0.29, 0.717) is 17.1 Å². The summed E-state index contributed by atoms with van der Waals surface area (Å²) < 4.78 is 5.88. The van der Waals surface area contributed by atoms with Crippen LogP contribution >= 0.6 is 0 Å². The number of hydrogen-bond acceptors (Lipinski definition) is 4. The van der Waals surface area contributed by atoms with Crippen LogP contribution in [0.25, 0.3) is 11.1 Å². The van der Waals surface area contributed by atoms with Crippen LogP contribution in [-0.2, 0) is 0 Å². The lowest BCUT2D eigenvalue weighted by Crippen LogP contribution is -2.33. The maximum Gasteiger partial charge on any atom is 0.248 e. The Kier molecular flexibility index (Phi) is 4.43. The molecule has 1 aromatic carbocycles. The van der Waals surface area contributed by atoms with Gasteiger partial charge in [0.25, 0.3) is 0 Å². The van der Waals surface area contributed by atoms with Crippen LogP contribution in [-0.4, -0.2) is 35.4 Å². The highest BCUT2D eigenvalue weighted by Gasteiger charge is 2.24. The second-order valence-electron chi connectivity index (χ2n) is 6.07. The van der Waals surface area contributed by atoms with Crippen LogP contribution < -0.4 is 5.73 Å². The molecule has 1 saturated heterocycles. The number of carbonyl (C=O) groups is 1. The van der Waals surface area contributed by atoms with Gasteiger partial charge >= 0.3 is 0 Å². The topological polar surface area (TPSA) is 72.4 Å². The average Bonchev–Trinajstić information content (AvgIpc) is 2.96. The van der Waals surface area contributed by atoms with Crippen LogP contribution in [0.3, 0.4) is 0 Å². The first kappa shape index (κ1) is 15.0. The van der Waals surface area contributed by atoms with Crippen LogP contribution in [0.5, 0.6) is 0 Å². The minimum absolute atomic E-state index is 0.377. The lowest BCUT2D eigenvalue weighted by atomic mass is 9.96. The maximum absolute atomic E-state index is 11.2. The number of nitrogens with two attached hydrogens (primary N) is 1. The summed E-state index contributed by atoms with van der Waals surface area (Å²) in [5, 5.41) is 0. The fourth-order valence-electron chi connectivity index (χ4n) is 3.06. The minimum atomic E-state index is -0.441. The summed E-state index contributed by atoms with van der Waals surface area (Å²) in [4.78, 5) is 18.3. The number of aromatic nitrogens is 1. The normalized spacial score (nSPS) is 17.1. The Morgan fingerprint density at radius 1 is 1.41 bits per heavy atom. The first-order valence-electron chi connectivity index (χ1n) is 8.10. The number of benzene rings is 1. The molecule has 5 nitrogen and oxygen atoms in total. The fraction of sp³-hybridized carbons (Fsp3) is 0.529. The van der Waals surface area contributed by atoms with E-state index in [9.17, 15) is 4.79 Å². The molecule has 1 aliphatic rings. The molecule has 5 heteroatoms. The van der Waals surface area contributed by atoms with E-state index in [1.807, 2.05) is 0 Å². The van der Waals surface area contributed by atoms with Gasteiger partial charge < -0.3 is 15.1 Å². The smallest absolute Gasteiger partial charge is 0.248 e. The number of carbonyl (C=O) groups excluding carboxylic acids is 1. The molecule has 1 fully saturated rings. The molecule has 0 atom stereocenters. The molecule has 2 heterocycles. The number of rotatable bonds is 5. The Morgan fingerprint density at radius 2 is 2.18 bits per heavy atom. The zero-order chi connectivity index (χ0) is 15.5. The molecule has 0 aliphatic carbocycles. The van der Waals surface area contributed by atoms with Gasteiger partial charge in [0.2, 0.25) is 5.91 Å². The van der Waals surface area contributed by atoms with Crippen molar-refractivity contribution in [2.24, 2.45) is 5.73 Å². The molecule has 1 aliphatic heterocycles. The van der Waals surface area contributed by atoms with Gasteiger partial charge in [-0.1, -0.05) is 13.3 Å². The third-order valence-corrected chi connectivity index (χ3v) is 4.45. The molecule has 118 valence electrons. The van der Waals surface area contributed by atoms with E-state index in [-0.39, 0.29) is 0 Å². The van der Waals surface area contributed by atoms with Crippen LogP contribution in [0, 0.1) is 0 Å². The van der Waals surface area contributed by atoms with Gasteiger partial charge in [-0.3, -0.25) is 4.79 Å². The maximum atomic E-state index is 11.2. The monoisotopic (exact) mass is 301 g/mol. The summed E-state index contributed by atoms with van der Waals surface area (Å²) in [6.45, 7) is 5.63. The van der Waals surface area contributed by atoms with E-state index in [0.717, 1.165) is 37.3 Å². The van der Waals surface area contributed by atoms with Crippen molar-refractivity contribution >= 4 is 17.0 Å². The molecule has 2 N–H and O–H groups in total. The highest BCUT2D eigenvalue weighted by Crippen LogP contribution is 2.30. The van der Waals surface area contributed by atoms with Crippen LogP contribution in [0.1, 0.15) is 54.8 Å². The first-order chi connectivity index (χ1) is 10.7. The third-order valence-electron chi connectivity index (χ3n) is 4.45. The standard InChI is InChI=1S/C17H23N3O2/c1-2-3-8-20-9-6-12(7-10-20)17-19-14-5-4-13(16(18)21)11-15(14)22-17/h4-5,11-12H,2-3,6-10H2,1H3,(H2,18,21). The van der Waals surface area contributed by atoms with Gasteiger partial charge in [-0.2, -0.15) is 0 Å². The highest BCUT2D eigenvalue weighted by atomic mass is 16.3. The number of nitrogens with zero attached hydrogens (tertiary/aromatic N) is 2. The molecule has 1 amide bonds. The number of primary amides is 1. The summed E-state index contributed by atoms with van der Waals surface area (Å²) in [5.41, 5.74) is 7.22. The number of amides is 1. The van der Waals surface area contributed by atoms with Crippen molar-refractivity contribution in [3.05, 3.63) is 29.7 Å². The molecular weight excluding hydrogens is 278 g/mol. The summed E-state index contributed by atoms with van der Waals surface area (Å²) in [5.74, 6) is 0.734. The van der Waals surface area contributed by atoms with Crippen LogP contribution in [0.15, 0.2) is 22.6 Å². The lowest BCUT2D eigenvalue weighted by Gasteiger charge is -2.30. The zero-order valence-electron chi connectivity index (χ0n) is 13.0. The molecular formula is C17H23N3O2. The van der Waals surface area contributed by atoms with Gasteiger partial charge in [0, 0.05) is 11.5 Å². The van der Waals surface area contributed by atoms with Crippen molar-refractivity contribution in [1.29, 1.82) is 0 Å². The largest absolute Gasteiger partial charge is 0.440 e. The van der Waals surface area contributed by atoms with Gasteiger partial charge in [0.1, 0.15) is 5.52 Å². The van der Waals surface area contributed by atoms with Gasteiger partial charge in [-0.15, -0.1) is 0 Å². The molecule has 22 heavy (non-hydrogen) atoms. The Bertz CT molecular complexity index is 657. The van der Waals surface area contributed by atoms with E-state index in [1.165, 1.54) is 19.4 Å². The van der Waals surface area contributed by atoms with Gasteiger partial charge in [0.05, 0.1) is 0 Å². The van der Waals surface area contributed by atoms with E-state index < -0.39 is 5.91 Å². The summed E-state index contributed by atoms with van der Waals surface area (Å²) >= 11 is 0. The van der Waals surface area contributed by atoms with Gasteiger partial charge in [-0.05, 0) is 57.1 Å². The second kappa shape index (κ2) is 6.48. The molecule has 0 radical (unpaired) electrons. The van der Waals surface area contributed by atoms with Gasteiger partial charge in [-0.25, -0.2) is 4.98 Å². The number of oxazole rings is 1. The number of fused-ring (bicyclic) bond motifs is 1. The molecule has 0 spiro atoms. The molecule has 0 saturated carbocycles. The lowest BCUT2D eigenvalue weighted by molar-refractivity contribution is 0.100. The summed E-state index contributed by atoms with van der Waals surface area (Å²) in [6, 6.07) is 5.19. The highest BCUT2D eigenvalue weighted by molar-refractivity contribution is 5.95. The van der Waals surface area contributed by atoms with E-state index >= 15 is 0 Å². The van der Waals surface area contributed by atoms with Crippen LogP contribution in [0.2, 0.25) is 0 Å². The van der Waals surface area contributed by atoms with E-state index in [2.05, 4.69) is 16.8 Å². The third kappa shape index (κ3) is 3.14. The summed E-state index contributed by atoms with van der Waals surface area (Å²) in [7, 11) is 0. The number of unbranched alkanes of at least 4 members (excludes halogenated alkanes) is 1. The predicted octanol–water partition coefficient (Wildman–Crippen LogP) is 2.91. The quantitative estimate of drug-likeness (QED) is 0.921.